The van der Waals surface area contributed by atoms with Crippen molar-refractivity contribution in [3.8, 4) is 5.75 Å². The van der Waals surface area contributed by atoms with Crippen molar-refractivity contribution in [1.29, 1.82) is 0 Å². The topological polar surface area (TPSA) is 96.0 Å². The Hall–Kier alpha value is -3.07. The van der Waals surface area contributed by atoms with Crippen molar-refractivity contribution in [1.82, 2.24) is 10.2 Å². The number of nitrogens with zero attached hydrogens (tertiary/aromatic N) is 2. The molecule has 8 nitrogen and oxygen atoms in total. The van der Waals surface area contributed by atoms with E-state index in [9.17, 15) is 18.0 Å². The van der Waals surface area contributed by atoms with Crippen LogP contribution in [0, 0.1) is 13.8 Å². The molecule has 9 heteroatoms. The van der Waals surface area contributed by atoms with E-state index in [0.717, 1.165) is 33.7 Å². The SMILES string of the molecule is CC[C@H](C)NC(=O)[C@@H](C)N(Cc1ccc(OC)cc1)C(=O)CN(c1c(C)cccc1C)S(C)(=O)=O. The molecule has 0 aromatic heterocycles. The van der Waals surface area contributed by atoms with Crippen molar-refractivity contribution >= 4 is 27.5 Å². The average Bonchev–Trinajstić information content (AvgIpc) is 2.80. The van der Waals surface area contributed by atoms with Gasteiger partial charge in [0.1, 0.15) is 18.3 Å². The number of hydrogen-bond acceptors (Lipinski definition) is 5. The molecule has 35 heavy (non-hydrogen) atoms. The van der Waals surface area contributed by atoms with E-state index < -0.39 is 28.5 Å². The van der Waals surface area contributed by atoms with E-state index in [1.165, 1.54) is 4.90 Å². The van der Waals surface area contributed by atoms with Crippen LogP contribution in [0.4, 0.5) is 5.69 Å². The number of amides is 2. The zero-order valence-corrected chi connectivity index (χ0v) is 22.5. The highest BCUT2D eigenvalue weighted by atomic mass is 32.2. The summed E-state index contributed by atoms with van der Waals surface area (Å²) < 4.78 is 31.9. The van der Waals surface area contributed by atoms with E-state index in [4.69, 9.17) is 4.74 Å². The lowest BCUT2D eigenvalue weighted by atomic mass is 10.1. The number of hydrogen-bond donors (Lipinski definition) is 1. The second-order valence-electron chi connectivity index (χ2n) is 8.87. The van der Waals surface area contributed by atoms with Gasteiger partial charge in [-0.15, -0.1) is 0 Å². The zero-order valence-electron chi connectivity index (χ0n) is 21.7. The molecule has 192 valence electrons. The fraction of sp³-hybridized carbons (Fsp3) is 0.462. The quantitative estimate of drug-likeness (QED) is 0.507. The fourth-order valence-corrected chi connectivity index (χ4v) is 4.72. The predicted octanol–water partition coefficient (Wildman–Crippen LogP) is 3.41. The largest absolute Gasteiger partial charge is 0.497 e. The summed E-state index contributed by atoms with van der Waals surface area (Å²) >= 11 is 0. The van der Waals surface area contributed by atoms with Gasteiger partial charge in [0, 0.05) is 12.6 Å². The minimum atomic E-state index is -3.77. The smallest absolute Gasteiger partial charge is 0.244 e. The van der Waals surface area contributed by atoms with Crippen LogP contribution in [0.3, 0.4) is 0 Å². The Kier molecular flexibility index (Phi) is 9.71. The molecule has 1 N–H and O–H groups in total. The predicted molar refractivity (Wildman–Crippen MR) is 139 cm³/mol. The van der Waals surface area contributed by atoms with Crippen LogP contribution in [0.2, 0.25) is 0 Å². The number of benzene rings is 2. The van der Waals surface area contributed by atoms with Gasteiger partial charge in [-0.2, -0.15) is 0 Å². The number of anilines is 1. The van der Waals surface area contributed by atoms with E-state index in [-0.39, 0.29) is 18.5 Å². The van der Waals surface area contributed by atoms with Crippen LogP contribution < -0.4 is 14.4 Å². The standard InChI is InChI=1S/C26H37N3O5S/c1-8-20(4)27-26(31)21(5)28(16-22-12-14-23(34-6)15-13-22)24(30)17-29(35(7,32)33)25-18(2)10-9-11-19(25)3/h9-15,20-21H,8,16-17H2,1-7H3,(H,27,31)/t20-,21+/m0/s1. The lowest BCUT2D eigenvalue weighted by Crippen LogP contribution is -2.52. The molecule has 2 aromatic rings. The molecule has 2 amide bonds. The van der Waals surface area contributed by atoms with Crippen LogP contribution in [-0.4, -0.2) is 57.1 Å². The Morgan fingerprint density at radius 1 is 1.03 bits per heavy atom. The normalized spacial score (nSPS) is 13.0. The van der Waals surface area contributed by atoms with Gasteiger partial charge in [-0.05, 0) is 62.9 Å². The van der Waals surface area contributed by atoms with Crippen LogP contribution in [0.5, 0.6) is 5.75 Å². The third kappa shape index (κ3) is 7.45. The van der Waals surface area contributed by atoms with E-state index >= 15 is 0 Å². The molecule has 0 unspecified atom stereocenters. The first-order chi connectivity index (χ1) is 16.4. The molecule has 2 aromatic carbocycles. The molecular weight excluding hydrogens is 466 g/mol. The van der Waals surface area contributed by atoms with Crippen molar-refractivity contribution in [2.75, 3.05) is 24.2 Å². The maximum absolute atomic E-state index is 13.6. The number of methoxy groups -OCH3 is 1. The number of nitrogens with one attached hydrogen (secondary N) is 1. The number of sulfonamides is 1. The van der Waals surface area contributed by atoms with Gasteiger partial charge in [0.25, 0.3) is 0 Å². The minimum Gasteiger partial charge on any atom is -0.497 e. The Labute approximate surface area is 209 Å². The number of aryl methyl sites for hydroxylation is 2. The molecular formula is C26H37N3O5S. The van der Waals surface area contributed by atoms with Crippen LogP contribution in [0.15, 0.2) is 42.5 Å². The Bertz CT molecular complexity index is 1110. The molecule has 0 aliphatic rings. The van der Waals surface area contributed by atoms with E-state index in [0.29, 0.717) is 11.4 Å². The molecule has 0 aliphatic heterocycles. The van der Waals surface area contributed by atoms with Gasteiger partial charge in [-0.3, -0.25) is 13.9 Å². The van der Waals surface area contributed by atoms with Gasteiger partial charge < -0.3 is 15.0 Å². The first-order valence-corrected chi connectivity index (χ1v) is 13.5. The van der Waals surface area contributed by atoms with Crippen molar-refractivity contribution in [2.45, 2.75) is 59.7 Å². The number of rotatable bonds is 11. The molecule has 0 radical (unpaired) electrons. The lowest BCUT2D eigenvalue weighted by Gasteiger charge is -2.32. The lowest BCUT2D eigenvalue weighted by molar-refractivity contribution is -0.139. The summed E-state index contributed by atoms with van der Waals surface area (Å²) in [7, 11) is -2.20. The maximum Gasteiger partial charge on any atom is 0.244 e. The fourth-order valence-electron chi connectivity index (χ4n) is 3.75. The Morgan fingerprint density at radius 2 is 1.60 bits per heavy atom. The van der Waals surface area contributed by atoms with Crippen LogP contribution in [-0.2, 0) is 26.2 Å². The monoisotopic (exact) mass is 503 g/mol. The second-order valence-corrected chi connectivity index (χ2v) is 10.8. The zero-order chi connectivity index (χ0) is 26.3. The molecule has 0 saturated carbocycles. The highest BCUT2D eigenvalue weighted by molar-refractivity contribution is 7.92. The van der Waals surface area contributed by atoms with Crippen molar-refractivity contribution < 1.29 is 22.7 Å². The number of para-hydroxylation sites is 1. The summed E-state index contributed by atoms with van der Waals surface area (Å²) in [6.45, 7) is 8.86. The van der Waals surface area contributed by atoms with Crippen molar-refractivity contribution in [3.05, 3.63) is 59.2 Å². The molecule has 0 bridgehead atoms. The van der Waals surface area contributed by atoms with E-state index in [2.05, 4.69) is 5.32 Å². The first kappa shape index (κ1) is 28.2. The number of ether oxygens (including phenoxy) is 1. The van der Waals surface area contributed by atoms with Gasteiger partial charge in [0.15, 0.2) is 0 Å². The van der Waals surface area contributed by atoms with E-state index in [1.54, 1.807) is 26.2 Å². The third-order valence-corrected chi connectivity index (χ3v) is 7.16. The summed E-state index contributed by atoms with van der Waals surface area (Å²) in [5.74, 6) is -0.0904. The first-order valence-electron chi connectivity index (χ1n) is 11.7. The molecule has 0 saturated heterocycles. The number of carbonyl (C=O) groups is 2. The summed E-state index contributed by atoms with van der Waals surface area (Å²) in [6.07, 6.45) is 1.83. The summed E-state index contributed by atoms with van der Waals surface area (Å²) in [5.41, 5.74) is 2.75. The van der Waals surface area contributed by atoms with Gasteiger partial charge >= 0.3 is 0 Å². The molecule has 0 fully saturated rings. The molecule has 2 atom stereocenters. The minimum absolute atomic E-state index is 0.0509. The summed E-state index contributed by atoms with van der Waals surface area (Å²) in [4.78, 5) is 28.0. The summed E-state index contributed by atoms with van der Waals surface area (Å²) in [6, 6.07) is 11.8. The van der Waals surface area contributed by atoms with Gasteiger partial charge in [0.2, 0.25) is 21.8 Å². The highest BCUT2D eigenvalue weighted by Crippen LogP contribution is 2.27. The molecule has 0 heterocycles. The average molecular weight is 504 g/mol. The highest BCUT2D eigenvalue weighted by Gasteiger charge is 2.31. The number of carbonyl (C=O) groups excluding carboxylic acids is 2. The third-order valence-electron chi connectivity index (χ3n) is 6.05. The van der Waals surface area contributed by atoms with Crippen molar-refractivity contribution in [3.63, 3.8) is 0 Å². The van der Waals surface area contributed by atoms with Crippen molar-refractivity contribution in [2.24, 2.45) is 0 Å². The van der Waals surface area contributed by atoms with Gasteiger partial charge in [-0.25, -0.2) is 8.42 Å². The molecule has 0 spiro atoms. The van der Waals surface area contributed by atoms with Crippen LogP contribution in [0.1, 0.15) is 43.9 Å². The molecule has 0 aliphatic carbocycles. The maximum atomic E-state index is 13.6. The second kappa shape index (κ2) is 12.1. The molecule has 2 rings (SSSR count). The Morgan fingerprint density at radius 3 is 2.09 bits per heavy atom. The van der Waals surface area contributed by atoms with Gasteiger partial charge in [0.05, 0.1) is 19.1 Å². The van der Waals surface area contributed by atoms with Crippen LogP contribution in [0.25, 0.3) is 0 Å². The van der Waals surface area contributed by atoms with Gasteiger partial charge in [-0.1, -0.05) is 37.3 Å². The van der Waals surface area contributed by atoms with Crippen LogP contribution >= 0.6 is 0 Å². The summed E-state index contributed by atoms with van der Waals surface area (Å²) in [5, 5.41) is 2.92. The Balaban J connectivity index is 2.43. The van der Waals surface area contributed by atoms with E-state index in [1.807, 2.05) is 58.0 Å².